The van der Waals surface area contributed by atoms with Crippen molar-refractivity contribution in [3.05, 3.63) is 23.3 Å². The first-order valence-electron chi connectivity index (χ1n) is 5.82. The van der Waals surface area contributed by atoms with Crippen molar-refractivity contribution in [1.29, 1.82) is 0 Å². The van der Waals surface area contributed by atoms with Gasteiger partial charge in [0.05, 0.1) is 13.0 Å². The third-order valence-corrected chi connectivity index (χ3v) is 3.40. The second-order valence-electron chi connectivity index (χ2n) is 4.63. The molecular weight excluding hydrogens is 259 g/mol. The second kappa shape index (κ2) is 4.75. The zero-order valence-corrected chi connectivity index (χ0v) is 10.6. The van der Waals surface area contributed by atoms with Crippen LogP contribution in [0.25, 0.3) is 0 Å². The van der Waals surface area contributed by atoms with E-state index >= 15 is 0 Å². The number of benzene rings is 1. The zero-order chi connectivity index (χ0) is 14.2. The number of nitrogens with zero attached hydrogens (tertiary/aromatic N) is 1. The van der Waals surface area contributed by atoms with Crippen LogP contribution in [-0.2, 0) is 0 Å². The van der Waals surface area contributed by atoms with Crippen molar-refractivity contribution in [2.75, 3.05) is 25.1 Å². The van der Waals surface area contributed by atoms with Gasteiger partial charge in [0.2, 0.25) is 0 Å². The summed E-state index contributed by atoms with van der Waals surface area (Å²) < 4.78 is 42.6. The molecule has 6 heteroatoms. The minimum atomic E-state index is -4.16. The van der Waals surface area contributed by atoms with Crippen molar-refractivity contribution in [1.82, 2.24) is 0 Å². The molecule has 1 aliphatic rings. The number of carbonyl (C=O) groups is 1. The van der Waals surface area contributed by atoms with Gasteiger partial charge in [-0.25, -0.2) is 0 Å². The Bertz CT molecular complexity index is 493. The second-order valence-corrected chi connectivity index (χ2v) is 4.63. The van der Waals surface area contributed by atoms with E-state index in [1.54, 1.807) is 24.0 Å². The summed E-state index contributed by atoms with van der Waals surface area (Å²) in [5.74, 6) is -0.784. The number of ether oxygens (including phenoxy) is 1. The number of anilines is 1. The molecule has 104 valence electrons. The van der Waals surface area contributed by atoms with Crippen LogP contribution in [0.15, 0.2) is 12.1 Å². The third-order valence-electron chi connectivity index (χ3n) is 3.40. The Morgan fingerprint density at radius 3 is 2.47 bits per heavy atom. The number of rotatable bonds is 3. The summed E-state index contributed by atoms with van der Waals surface area (Å²) in [5, 5.41) is 0. The molecule has 1 heterocycles. The topological polar surface area (TPSA) is 29.5 Å². The number of aldehydes is 1. The average molecular weight is 273 g/mol. The molecule has 1 aliphatic heterocycles. The normalized spacial score (nSPS) is 16.2. The number of halogens is 3. The highest BCUT2D eigenvalue weighted by molar-refractivity contribution is 5.80. The SMILES string of the molecule is COc1cc(C=O)cc(N2CC(C(F)(F)F)C2)c1C. The number of hydrogen-bond acceptors (Lipinski definition) is 3. The molecule has 0 N–H and O–H groups in total. The molecule has 1 aromatic carbocycles. The van der Waals surface area contributed by atoms with E-state index in [9.17, 15) is 18.0 Å². The minimum Gasteiger partial charge on any atom is -0.496 e. The van der Waals surface area contributed by atoms with Gasteiger partial charge in [-0.15, -0.1) is 0 Å². The van der Waals surface area contributed by atoms with Gasteiger partial charge in [-0.2, -0.15) is 13.2 Å². The fraction of sp³-hybridized carbons (Fsp3) is 0.462. The molecule has 0 unspecified atom stereocenters. The average Bonchev–Trinajstić information content (AvgIpc) is 2.27. The quantitative estimate of drug-likeness (QED) is 0.793. The molecule has 1 aromatic rings. The fourth-order valence-corrected chi connectivity index (χ4v) is 2.18. The molecule has 0 bridgehead atoms. The Hall–Kier alpha value is -1.72. The van der Waals surface area contributed by atoms with Gasteiger partial charge in [0, 0.05) is 29.9 Å². The van der Waals surface area contributed by atoms with E-state index in [2.05, 4.69) is 0 Å². The first-order chi connectivity index (χ1) is 8.86. The maximum absolute atomic E-state index is 12.5. The third kappa shape index (κ3) is 2.52. The van der Waals surface area contributed by atoms with Crippen LogP contribution in [0.1, 0.15) is 15.9 Å². The molecule has 0 radical (unpaired) electrons. The van der Waals surface area contributed by atoms with E-state index in [-0.39, 0.29) is 13.1 Å². The molecule has 0 amide bonds. The molecule has 0 saturated carbocycles. The van der Waals surface area contributed by atoms with Gasteiger partial charge in [-0.3, -0.25) is 4.79 Å². The first kappa shape index (κ1) is 13.7. The molecule has 1 saturated heterocycles. The van der Waals surface area contributed by atoms with Crippen molar-refractivity contribution >= 4 is 12.0 Å². The molecule has 1 fully saturated rings. The van der Waals surface area contributed by atoms with Crippen molar-refractivity contribution < 1.29 is 22.7 Å². The predicted octanol–water partition coefficient (Wildman–Crippen LogP) is 2.81. The van der Waals surface area contributed by atoms with Crippen LogP contribution in [0.3, 0.4) is 0 Å². The highest BCUT2D eigenvalue weighted by atomic mass is 19.4. The predicted molar refractivity (Wildman–Crippen MR) is 64.9 cm³/mol. The van der Waals surface area contributed by atoms with Gasteiger partial charge >= 0.3 is 6.18 Å². The molecule has 3 nitrogen and oxygen atoms in total. The van der Waals surface area contributed by atoms with Crippen LogP contribution in [0.5, 0.6) is 5.75 Å². The highest BCUT2D eigenvalue weighted by Crippen LogP contribution is 2.39. The molecule has 2 rings (SSSR count). The van der Waals surface area contributed by atoms with E-state index in [1.165, 1.54) is 7.11 Å². The maximum atomic E-state index is 12.5. The number of methoxy groups -OCH3 is 1. The number of carbonyl (C=O) groups excluding carboxylic acids is 1. The Kier molecular flexibility index (Phi) is 3.43. The Labute approximate surface area is 109 Å². The van der Waals surface area contributed by atoms with Crippen LogP contribution in [0, 0.1) is 12.8 Å². The van der Waals surface area contributed by atoms with Crippen LogP contribution < -0.4 is 9.64 Å². The van der Waals surface area contributed by atoms with E-state index in [1.807, 2.05) is 0 Å². The largest absolute Gasteiger partial charge is 0.496 e. The molecule has 0 aliphatic carbocycles. The standard InChI is InChI=1S/C13H14F3NO2/c1-8-11(3-9(7-18)4-12(8)19-2)17-5-10(6-17)13(14,15)16/h3-4,7,10H,5-6H2,1-2H3. The molecule has 19 heavy (non-hydrogen) atoms. The Balaban J connectivity index is 2.25. The molecule has 0 aromatic heterocycles. The highest BCUT2D eigenvalue weighted by Gasteiger charge is 2.47. The first-order valence-corrected chi connectivity index (χ1v) is 5.82. The summed E-state index contributed by atoms with van der Waals surface area (Å²) in [6.45, 7) is 1.62. The smallest absolute Gasteiger partial charge is 0.395 e. The summed E-state index contributed by atoms with van der Waals surface area (Å²) in [4.78, 5) is 12.5. The van der Waals surface area contributed by atoms with Crippen molar-refractivity contribution in [2.45, 2.75) is 13.1 Å². The van der Waals surface area contributed by atoms with Gasteiger partial charge < -0.3 is 9.64 Å². The summed E-state index contributed by atoms with van der Waals surface area (Å²) in [6, 6.07) is 3.17. The van der Waals surface area contributed by atoms with Crippen molar-refractivity contribution in [3.63, 3.8) is 0 Å². The Morgan fingerprint density at radius 2 is 2.00 bits per heavy atom. The minimum absolute atomic E-state index is 0.0736. The summed E-state index contributed by atoms with van der Waals surface area (Å²) >= 11 is 0. The fourth-order valence-electron chi connectivity index (χ4n) is 2.18. The van der Waals surface area contributed by atoms with Gasteiger partial charge in [-0.05, 0) is 19.1 Å². The van der Waals surface area contributed by atoms with Crippen molar-refractivity contribution in [2.24, 2.45) is 5.92 Å². The summed E-state index contributed by atoms with van der Waals surface area (Å²) in [7, 11) is 1.47. The van der Waals surface area contributed by atoms with Crippen LogP contribution in [0.4, 0.5) is 18.9 Å². The van der Waals surface area contributed by atoms with Gasteiger partial charge in [0.1, 0.15) is 12.0 Å². The zero-order valence-electron chi connectivity index (χ0n) is 10.6. The summed E-state index contributed by atoms with van der Waals surface area (Å²) in [5.41, 5.74) is 1.77. The van der Waals surface area contributed by atoms with E-state index < -0.39 is 12.1 Å². The van der Waals surface area contributed by atoms with E-state index in [0.717, 1.165) is 5.56 Å². The molecule has 0 atom stereocenters. The lowest BCUT2D eigenvalue weighted by Gasteiger charge is -2.42. The molecular formula is C13H14F3NO2. The van der Waals surface area contributed by atoms with Gasteiger partial charge in [-0.1, -0.05) is 0 Å². The Morgan fingerprint density at radius 1 is 1.37 bits per heavy atom. The van der Waals surface area contributed by atoms with Crippen LogP contribution in [-0.4, -0.2) is 32.7 Å². The lowest BCUT2D eigenvalue weighted by molar-refractivity contribution is -0.180. The number of alkyl halides is 3. The maximum Gasteiger partial charge on any atom is 0.395 e. The van der Waals surface area contributed by atoms with E-state index in [0.29, 0.717) is 23.3 Å². The number of hydrogen-bond donors (Lipinski definition) is 0. The van der Waals surface area contributed by atoms with E-state index in [4.69, 9.17) is 4.74 Å². The monoisotopic (exact) mass is 273 g/mol. The lowest BCUT2D eigenvalue weighted by Crippen LogP contribution is -2.53. The van der Waals surface area contributed by atoms with Crippen LogP contribution >= 0.6 is 0 Å². The van der Waals surface area contributed by atoms with Gasteiger partial charge in [0.15, 0.2) is 0 Å². The molecule has 0 spiro atoms. The van der Waals surface area contributed by atoms with Gasteiger partial charge in [0.25, 0.3) is 0 Å². The lowest BCUT2D eigenvalue weighted by atomic mass is 9.96. The van der Waals surface area contributed by atoms with Crippen molar-refractivity contribution in [3.8, 4) is 5.75 Å². The summed E-state index contributed by atoms with van der Waals surface area (Å²) in [6.07, 6.45) is -3.50. The van der Waals surface area contributed by atoms with Crippen LogP contribution in [0.2, 0.25) is 0 Å².